The molecule has 0 bridgehead atoms. The minimum absolute atomic E-state index is 0.0176. The lowest BCUT2D eigenvalue weighted by Gasteiger charge is -2.06. The molecule has 3 rings (SSSR count). The lowest BCUT2D eigenvalue weighted by molar-refractivity contribution is -0.122. The van der Waals surface area contributed by atoms with Gasteiger partial charge in [0.05, 0.1) is 0 Å². The molecule has 1 aromatic carbocycles. The molecule has 24 heavy (non-hydrogen) atoms. The van der Waals surface area contributed by atoms with E-state index >= 15 is 0 Å². The zero-order chi connectivity index (χ0) is 16.9. The van der Waals surface area contributed by atoms with Crippen LogP contribution in [0.5, 0.6) is 0 Å². The van der Waals surface area contributed by atoms with Gasteiger partial charge < -0.3 is 10.6 Å². The quantitative estimate of drug-likeness (QED) is 0.765. The minimum atomic E-state index is -0.868. The molecule has 7 heteroatoms. The molecule has 2 atom stereocenters. The number of aromatic nitrogens is 2. The Bertz CT molecular complexity index is 711. The van der Waals surface area contributed by atoms with Gasteiger partial charge in [0, 0.05) is 31.4 Å². The molecule has 1 aliphatic carbocycles. The molecule has 1 amide bonds. The summed E-state index contributed by atoms with van der Waals surface area (Å²) in [6, 6.07) is 5.57. The van der Waals surface area contributed by atoms with E-state index in [9.17, 15) is 13.6 Å². The van der Waals surface area contributed by atoms with Gasteiger partial charge in [-0.15, -0.1) is 0 Å². The summed E-state index contributed by atoms with van der Waals surface area (Å²) in [5.41, 5.74) is 0.678. The van der Waals surface area contributed by atoms with E-state index in [0.717, 1.165) is 12.5 Å². The minimum Gasteiger partial charge on any atom is -0.356 e. The van der Waals surface area contributed by atoms with E-state index in [1.807, 2.05) is 0 Å². The Balaban J connectivity index is 1.37. The number of hydrogen-bond acceptors (Lipinski definition) is 4. The number of amides is 1. The summed E-state index contributed by atoms with van der Waals surface area (Å²) in [6.45, 7) is 1.20. The summed E-state index contributed by atoms with van der Waals surface area (Å²) in [6.07, 6.45) is 4.73. The summed E-state index contributed by atoms with van der Waals surface area (Å²) >= 11 is 0. The second-order valence-electron chi connectivity index (χ2n) is 5.77. The standard InChI is InChI=1S/C17H18F2N4O/c18-14-4-3-11(9-15(14)19)12-10-13(12)16(24)20-5-1-6-21-17-22-7-2-8-23-17/h2-4,7-9,12-13H,1,5-6,10H2,(H,20,24)(H,21,22,23). The number of carbonyl (C=O) groups excluding carboxylic acids is 1. The van der Waals surface area contributed by atoms with E-state index < -0.39 is 11.6 Å². The second kappa shape index (κ2) is 7.33. The SMILES string of the molecule is O=C(NCCCNc1ncccn1)C1CC1c1ccc(F)c(F)c1. The van der Waals surface area contributed by atoms with E-state index in [4.69, 9.17) is 0 Å². The van der Waals surface area contributed by atoms with E-state index in [-0.39, 0.29) is 17.7 Å². The first-order valence-corrected chi connectivity index (χ1v) is 7.88. The summed E-state index contributed by atoms with van der Waals surface area (Å²) in [4.78, 5) is 20.1. The monoisotopic (exact) mass is 332 g/mol. The molecule has 0 saturated heterocycles. The molecule has 1 aliphatic rings. The Morgan fingerprint density at radius 3 is 2.71 bits per heavy atom. The van der Waals surface area contributed by atoms with Crippen LogP contribution < -0.4 is 10.6 Å². The lowest BCUT2D eigenvalue weighted by Crippen LogP contribution is -2.27. The number of halogens is 2. The predicted molar refractivity (Wildman–Crippen MR) is 85.4 cm³/mol. The van der Waals surface area contributed by atoms with Crippen molar-refractivity contribution in [2.24, 2.45) is 5.92 Å². The highest BCUT2D eigenvalue weighted by Gasteiger charge is 2.43. The number of benzene rings is 1. The molecule has 2 N–H and O–H groups in total. The van der Waals surface area contributed by atoms with Gasteiger partial charge in [0.25, 0.3) is 0 Å². The second-order valence-corrected chi connectivity index (χ2v) is 5.77. The number of nitrogens with zero attached hydrogens (tertiary/aromatic N) is 2. The number of hydrogen-bond donors (Lipinski definition) is 2. The van der Waals surface area contributed by atoms with Crippen molar-refractivity contribution in [1.29, 1.82) is 0 Å². The van der Waals surface area contributed by atoms with Crippen molar-refractivity contribution >= 4 is 11.9 Å². The van der Waals surface area contributed by atoms with Gasteiger partial charge in [0.1, 0.15) is 0 Å². The number of carbonyl (C=O) groups is 1. The summed E-state index contributed by atoms with van der Waals surface area (Å²) in [5.74, 6) is -1.38. The normalized spacial score (nSPS) is 18.9. The van der Waals surface area contributed by atoms with Crippen LogP contribution in [0, 0.1) is 17.6 Å². The average Bonchev–Trinajstić information content (AvgIpc) is 3.39. The van der Waals surface area contributed by atoms with Crippen LogP contribution in [0.2, 0.25) is 0 Å². The Kier molecular flexibility index (Phi) is 4.98. The molecular formula is C17H18F2N4O. The zero-order valence-corrected chi connectivity index (χ0v) is 13.0. The third-order valence-corrected chi connectivity index (χ3v) is 4.00. The van der Waals surface area contributed by atoms with Crippen LogP contribution in [0.15, 0.2) is 36.7 Å². The van der Waals surface area contributed by atoms with Crippen molar-refractivity contribution in [1.82, 2.24) is 15.3 Å². The van der Waals surface area contributed by atoms with Crippen LogP contribution in [0.25, 0.3) is 0 Å². The third kappa shape index (κ3) is 4.04. The van der Waals surface area contributed by atoms with E-state index in [1.165, 1.54) is 6.07 Å². The van der Waals surface area contributed by atoms with Crippen molar-refractivity contribution in [3.05, 3.63) is 53.9 Å². The van der Waals surface area contributed by atoms with Gasteiger partial charge in [-0.25, -0.2) is 18.7 Å². The molecule has 2 unspecified atom stereocenters. The van der Waals surface area contributed by atoms with Crippen LogP contribution in [0.3, 0.4) is 0 Å². The number of nitrogens with one attached hydrogen (secondary N) is 2. The van der Waals surface area contributed by atoms with Gasteiger partial charge in [0.15, 0.2) is 11.6 Å². The highest BCUT2D eigenvalue weighted by Crippen LogP contribution is 2.47. The van der Waals surface area contributed by atoms with Crippen molar-refractivity contribution in [2.75, 3.05) is 18.4 Å². The summed E-state index contributed by atoms with van der Waals surface area (Å²) in [5, 5.41) is 5.93. The Morgan fingerprint density at radius 2 is 1.96 bits per heavy atom. The van der Waals surface area contributed by atoms with Crippen molar-refractivity contribution < 1.29 is 13.6 Å². The van der Waals surface area contributed by atoms with E-state index in [1.54, 1.807) is 24.5 Å². The van der Waals surface area contributed by atoms with Crippen molar-refractivity contribution in [2.45, 2.75) is 18.8 Å². The van der Waals surface area contributed by atoms with Gasteiger partial charge >= 0.3 is 0 Å². The van der Waals surface area contributed by atoms with Crippen LogP contribution in [-0.2, 0) is 4.79 Å². The lowest BCUT2D eigenvalue weighted by atomic mass is 10.1. The topological polar surface area (TPSA) is 66.9 Å². The number of rotatable bonds is 7. The molecule has 1 heterocycles. The third-order valence-electron chi connectivity index (χ3n) is 4.00. The highest BCUT2D eigenvalue weighted by atomic mass is 19.2. The fourth-order valence-corrected chi connectivity index (χ4v) is 2.62. The Hall–Kier alpha value is -2.57. The molecule has 2 aromatic rings. The Morgan fingerprint density at radius 1 is 1.17 bits per heavy atom. The highest BCUT2D eigenvalue weighted by molar-refractivity contribution is 5.82. The molecule has 0 spiro atoms. The van der Waals surface area contributed by atoms with Gasteiger partial charge in [-0.3, -0.25) is 4.79 Å². The molecule has 0 aliphatic heterocycles. The predicted octanol–water partition coefficient (Wildman–Crippen LogP) is 2.48. The maximum Gasteiger partial charge on any atom is 0.223 e. The maximum absolute atomic E-state index is 13.2. The summed E-state index contributed by atoms with van der Waals surface area (Å²) < 4.78 is 26.2. The first kappa shape index (κ1) is 16.3. The molecule has 5 nitrogen and oxygen atoms in total. The van der Waals surface area contributed by atoms with Gasteiger partial charge in [-0.05, 0) is 42.5 Å². The van der Waals surface area contributed by atoms with Gasteiger partial charge in [0.2, 0.25) is 11.9 Å². The van der Waals surface area contributed by atoms with Crippen LogP contribution in [0.4, 0.5) is 14.7 Å². The molecule has 126 valence electrons. The molecule has 1 saturated carbocycles. The molecular weight excluding hydrogens is 314 g/mol. The summed E-state index contributed by atoms with van der Waals surface area (Å²) in [7, 11) is 0. The van der Waals surface area contributed by atoms with Crippen LogP contribution in [-0.4, -0.2) is 29.0 Å². The zero-order valence-electron chi connectivity index (χ0n) is 13.0. The first-order valence-electron chi connectivity index (χ1n) is 7.88. The Labute approximate surface area is 138 Å². The fourth-order valence-electron chi connectivity index (χ4n) is 2.62. The van der Waals surface area contributed by atoms with Crippen molar-refractivity contribution in [3.8, 4) is 0 Å². The number of anilines is 1. The van der Waals surface area contributed by atoms with Crippen LogP contribution in [0.1, 0.15) is 24.3 Å². The van der Waals surface area contributed by atoms with Crippen LogP contribution >= 0.6 is 0 Å². The average molecular weight is 332 g/mol. The van der Waals surface area contributed by atoms with Crippen molar-refractivity contribution in [3.63, 3.8) is 0 Å². The molecule has 0 radical (unpaired) electrons. The largest absolute Gasteiger partial charge is 0.356 e. The van der Waals surface area contributed by atoms with E-state index in [2.05, 4.69) is 20.6 Å². The first-order chi connectivity index (χ1) is 11.6. The maximum atomic E-state index is 13.2. The fraction of sp³-hybridized carbons (Fsp3) is 0.353. The molecule has 1 fully saturated rings. The van der Waals surface area contributed by atoms with E-state index in [0.29, 0.717) is 31.0 Å². The molecule has 1 aromatic heterocycles. The van der Waals surface area contributed by atoms with Gasteiger partial charge in [-0.2, -0.15) is 0 Å². The van der Waals surface area contributed by atoms with Gasteiger partial charge in [-0.1, -0.05) is 6.07 Å². The smallest absolute Gasteiger partial charge is 0.223 e.